The maximum absolute atomic E-state index is 13.9. The Morgan fingerprint density at radius 2 is 2.10 bits per heavy atom. The molecule has 1 aromatic rings. The van der Waals surface area contributed by atoms with E-state index < -0.39 is 38.7 Å². The van der Waals surface area contributed by atoms with Gasteiger partial charge in [0.1, 0.15) is 10.7 Å². The van der Waals surface area contributed by atoms with Crippen LogP contribution in [0.4, 0.5) is 4.39 Å². The molecule has 114 valence electrons. The molecule has 21 heavy (non-hydrogen) atoms. The molecule has 3 unspecified atom stereocenters. The normalized spacial score (nSPS) is 29.0. The summed E-state index contributed by atoms with van der Waals surface area (Å²) >= 11 is 5.63. The minimum Gasteiger partial charge on any atom is -0.481 e. The number of rotatable bonds is 3. The van der Waals surface area contributed by atoms with E-state index in [1.54, 1.807) is 0 Å². The van der Waals surface area contributed by atoms with Crippen LogP contribution >= 0.6 is 11.6 Å². The fourth-order valence-electron chi connectivity index (χ4n) is 3.38. The topological polar surface area (TPSA) is 74.7 Å². The summed E-state index contributed by atoms with van der Waals surface area (Å²) in [6, 6.07) is 2.43. The van der Waals surface area contributed by atoms with Crippen molar-refractivity contribution in [1.82, 2.24) is 4.31 Å². The average Bonchev–Trinajstić information content (AvgIpc) is 2.96. The van der Waals surface area contributed by atoms with Crippen LogP contribution in [0.3, 0.4) is 0 Å². The molecule has 2 saturated heterocycles. The largest absolute Gasteiger partial charge is 0.481 e. The number of aliphatic carboxylic acids is 1. The number of carboxylic acid groups (broad SMARTS) is 1. The molecule has 3 rings (SSSR count). The van der Waals surface area contributed by atoms with Gasteiger partial charge in [-0.1, -0.05) is 11.6 Å². The van der Waals surface area contributed by atoms with Crippen molar-refractivity contribution in [3.05, 3.63) is 29.0 Å². The van der Waals surface area contributed by atoms with Crippen LogP contribution in [0.1, 0.15) is 19.3 Å². The smallest absolute Gasteiger partial charge is 0.308 e. The second-order valence-electron chi connectivity index (χ2n) is 5.39. The molecule has 2 heterocycles. The zero-order valence-electron chi connectivity index (χ0n) is 10.9. The van der Waals surface area contributed by atoms with Crippen LogP contribution in [-0.2, 0) is 14.8 Å². The third-order valence-electron chi connectivity index (χ3n) is 4.24. The first-order valence-corrected chi connectivity index (χ1v) is 8.35. The number of carbonyl (C=O) groups is 1. The first-order valence-electron chi connectivity index (χ1n) is 6.54. The van der Waals surface area contributed by atoms with Crippen molar-refractivity contribution in [2.75, 3.05) is 0 Å². The van der Waals surface area contributed by atoms with Crippen LogP contribution in [0.5, 0.6) is 0 Å². The van der Waals surface area contributed by atoms with Crippen molar-refractivity contribution in [1.29, 1.82) is 0 Å². The minimum atomic E-state index is -4.05. The summed E-state index contributed by atoms with van der Waals surface area (Å²) in [5, 5.41) is 9.28. The molecule has 0 saturated carbocycles. The van der Waals surface area contributed by atoms with Crippen LogP contribution in [0.2, 0.25) is 5.02 Å². The van der Waals surface area contributed by atoms with Gasteiger partial charge in [0.05, 0.1) is 5.92 Å². The maximum Gasteiger partial charge on any atom is 0.308 e. The Morgan fingerprint density at radius 3 is 2.67 bits per heavy atom. The Hall–Kier alpha value is -1.18. The number of carboxylic acids is 1. The molecule has 0 spiro atoms. The van der Waals surface area contributed by atoms with Gasteiger partial charge in [0.2, 0.25) is 10.0 Å². The minimum absolute atomic E-state index is 0.110. The van der Waals surface area contributed by atoms with Crippen molar-refractivity contribution in [2.45, 2.75) is 36.2 Å². The van der Waals surface area contributed by atoms with Crippen LogP contribution < -0.4 is 0 Å². The predicted octanol–water partition coefficient (Wildman–Crippen LogP) is 2.11. The third kappa shape index (κ3) is 2.23. The summed E-state index contributed by atoms with van der Waals surface area (Å²) < 4.78 is 40.4. The van der Waals surface area contributed by atoms with Gasteiger partial charge >= 0.3 is 5.97 Å². The van der Waals surface area contributed by atoms with E-state index in [1.165, 1.54) is 10.4 Å². The number of halogens is 2. The van der Waals surface area contributed by atoms with E-state index in [0.29, 0.717) is 12.8 Å². The molecule has 5 nitrogen and oxygen atoms in total. The molecule has 2 aliphatic heterocycles. The van der Waals surface area contributed by atoms with Crippen LogP contribution in [0.15, 0.2) is 23.1 Å². The van der Waals surface area contributed by atoms with Crippen LogP contribution in [0.25, 0.3) is 0 Å². The van der Waals surface area contributed by atoms with Gasteiger partial charge in [-0.15, -0.1) is 0 Å². The Kier molecular flexibility index (Phi) is 3.46. The quantitative estimate of drug-likeness (QED) is 0.919. The fraction of sp³-hybridized carbons (Fsp3) is 0.462. The van der Waals surface area contributed by atoms with E-state index in [1.807, 2.05) is 0 Å². The molecule has 0 aromatic heterocycles. The maximum atomic E-state index is 13.9. The summed E-state index contributed by atoms with van der Waals surface area (Å²) in [4.78, 5) is 10.7. The number of benzene rings is 1. The summed E-state index contributed by atoms with van der Waals surface area (Å²) in [5.41, 5.74) is 0. The SMILES string of the molecule is O=C(O)C1CC2CCC1N2S(=O)(=O)c1ccc(Cl)cc1F. The lowest BCUT2D eigenvalue weighted by molar-refractivity contribution is -0.142. The molecule has 0 radical (unpaired) electrons. The molecule has 2 aliphatic rings. The highest BCUT2D eigenvalue weighted by atomic mass is 35.5. The van der Waals surface area contributed by atoms with Gasteiger partial charge in [-0.25, -0.2) is 12.8 Å². The summed E-state index contributed by atoms with van der Waals surface area (Å²) in [6.45, 7) is 0. The van der Waals surface area contributed by atoms with Gasteiger partial charge in [0, 0.05) is 17.1 Å². The molecule has 0 amide bonds. The van der Waals surface area contributed by atoms with Gasteiger partial charge in [0.25, 0.3) is 0 Å². The molecule has 0 aliphatic carbocycles. The van der Waals surface area contributed by atoms with E-state index in [9.17, 15) is 17.6 Å². The van der Waals surface area contributed by atoms with Crippen LogP contribution in [-0.4, -0.2) is 35.9 Å². The Morgan fingerprint density at radius 1 is 1.38 bits per heavy atom. The second kappa shape index (κ2) is 4.93. The molecular formula is C13H13ClFNO4S. The Balaban J connectivity index is 2.02. The van der Waals surface area contributed by atoms with E-state index in [-0.39, 0.29) is 17.5 Å². The first-order chi connectivity index (χ1) is 9.82. The number of hydrogen-bond donors (Lipinski definition) is 1. The zero-order valence-corrected chi connectivity index (χ0v) is 12.4. The standard InChI is InChI=1S/C13H13ClFNO4S/c14-7-1-4-12(10(15)5-7)21(19,20)16-8-2-3-11(16)9(6-8)13(17)18/h1,4-5,8-9,11H,2-3,6H2,(H,17,18). The van der Waals surface area contributed by atoms with Gasteiger partial charge < -0.3 is 5.11 Å². The van der Waals surface area contributed by atoms with Crippen molar-refractivity contribution in [3.8, 4) is 0 Å². The van der Waals surface area contributed by atoms with Crippen LogP contribution in [0, 0.1) is 11.7 Å². The van der Waals surface area contributed by atoms with Crippen molar-refractivity contribution < 1.29 is 22.7 Å². The molecule has 3 atom stereocenters. The fourth-order valence-corrected chi connectivity index (χ4v) is 5.50. The highest BCUT2D eigenvalue weighted by Crippen LogP contribution is 2.45. The lowest BCUT2D eigenvalue weighted by Crippen LogP contribution is -2.38. The average molecular weight is 334 g/mol. The number of nitrogens with zero attached hydrogens (tertiary/aromatic N) is 1. The van der Waals surface area contributed by atoms with Gasteiger partial charge in [-0.05, 0) is 37.5 Å². The number of hydrogen-bond acceptors (Lipinski definition) is 3. The second-order valence-corrected chi connectivity index (χ2v) is 7.64. The molecule has 1 aromatic carbocycles. The molecule has 2 fully saturated rings. The monoisotopic (exact) mass is 333 g/mol. The van der Waals surface area contributed by atoms with Gasteiger partial charge in [0.15, 0.2) is 0 Å². The molecule has 8 heteroatoms. The van der Waals surface area contributed by atoms with E-state index in [2.05, 4.69) is 0 Å². The van der Waals surface area contributed by atoms with E-state index in [0.717, 1.165) is 12.1 Å². The third-order valence-corrected chi connectivity index (χ3v) is 6.49. The predicted molar refractivity (Wildman–Crippen MR) is 73.0 cm³/mol. The number of sulfonamides is 1. The highest BCUT2D eigenvalue weighted by Gasteiger charge is 2.54. The number of fused-ring (bicyclic) bond motifs is 2. The van der Waals surface area contributed by atoms with Gasteiger partial charge in [-0.3, -0.25) is 4.79 Å². The van der Waals surface area contributed by atoms with E-state index >= 15 is 0 Å². The lowest BCUT2D eigenvalue weighted by atomic mass is 9.89. The Labute approximate surface area is 126 Å². The Bertz CT molecular complexity index is 708. The molecular weight excluding hydrogens is 321 g/mol. The highest BCUT2D eigenvalue weighted by molar-refractivity contribution is 7.89. The molecule has 1 N–H and O–H groups in total. The van der Waals surface area contributed by atoms with E-state index in [4.69, 9.17) is 16.7 Å². The van der Waals surface area contributed by atoms with Gasteiger partial charge in [-0.2, -0.15) is 4.31 Å². The first kappa shape index (κ1) is 14.7. The summed E-state index contributed by atoms with van der Waals surface area (Å²) in [6.07, 6.45) is 1.40. The van der Waals surface area contributed by atoms with Crippen molar-refractivity contribution >= 4 is 27.6 Å². The zero-order chi connectivity index (χ0) is 15.4. The molecule has 2 bridgehead atoms. The van der Waals surface area contributed by atoms with Crippen molar-refractivity contribution in [2.24, 2.45) is 5.92 Å². The summed E-state index contributed by atoms with van der Waals surface area (Å²) in [7, 11) is -4.05. The summed E-state index contributed by atoms with van der Waals surface area (Å²) in [5.74, 6) is -2.63. The van der Waals surface area contributed by atoms with Crippen molar-refractivity contribution in [3.63, 3.8) is 0 Å². The lowest BCUT2D eigenvalue weighted by Gasteiger charge is -2.22.